The maximum atomic E-state index is 15.0. The second-order valence-electron chi connectivity index (χ2n) is 8.50. The Balaban J connectivity index is 2.08. The third-order valence-electron chi connectivity index (χ3n) is 5.88. The van der Waals surface area contributed by atoms with Gasteiger partial charge in [0.05, 0.1) is 12.1 Å². The van der Waals surface area contributed by atoms with Crippen LogP contribution in [0.15, 0.2) is 0 Å². The molecule has 2 fully saturated rings. The minimum absolute atomic E-state index is 0.0566. The third kappa shape index (κ3) is 6.23. The normalized spacial score (nSPS) is 38.6. The lowest BCUT2D eigenvalue weighted by atomic mass is 9.84. The van der Waals surface area contributed by atoms with E-state index >= 15 is 0 Å². The van der Waals surface area contributed by atoms with Crippen LogP contribution in [-0.4, -0.2) is 88.1 Å². The molecule has 0 radical (unpaired) electrons. The molecule has 176 valence electrons. The first-order valence-electron chi connectivity index (χ1n) is 10.2. The number of carbonyl (C=O) groups excluding carboxylic acids is 1. The van der Waals surface area contributed by atoms with Crippen molar-refractivity contribution in [3.63, 3.8) is 0 Å². The summed E-state index contributed by atoms with van der Waals surface area (Å²) in [6, 6.07) is -1.63. The number of carbonyl (C=O) groups is 1. The smallest absolute Gasteiger partial charge is 0.238 e. The zero-order valence-corrected chi connectivity index (χ0v) is 18.2. The fourth-order valence-corrected chi connectivity index (χ4v) is 4.73. The Hall–Kier alpha value is -0.590. The lowest BCUT2D eigenvalue weighted by Crippen LogP contribution is -2.65. The minimum Gasteiger partial charge on any atom is -0.388 e. The molecule has 0 spiro atoms. The molecule has 0 aromatic rings. The number of alkyl halides is 3. The van der Waals surface area contributed by atoms with E-state index in [-0.39, 0.29) is 31.7 Å². The van der Waals surface area contributed by atoms with Crippen LogP contribution in [0, 0.1) is 5.92 Å². The number of amides is 1. The molecule has 30 heavy (non-hydrogen) atoms. The molecule has 8 unspecified atom stereocenters. The van der Waals surface area contributed by atoms with Crippen LogP contribution < -0.4 is 10.6 Å². The fourth-order valence-electron chi connectivity index (χ4n) is 4.05. The summed E-state index contributed by atoms with van der Waals surface area (Å²) in [5, 5.41) is 36.3. The monoisotopic (exact) mass is 458 g/mol. The van der Waals surface area contributed by atoms with Crippen molar-refractivity contribution in [3.05, 3.63) is 0 Å². The Kier molecular flexibility index (Phi) is 9.26. The van der Waals surface area contributed by atoms with Crippen molar-refractivity contribution in [1.82, 2.24) is 10.6 Å². The Morgan fingerprint density at radius 2 is 1.93 bits per heavy atom. The van der Waals surface area contributed by atoms with Crippen LogP contribution in [0.5, 0.6) is 0 Å². The Bertz CT molecular complexity index is 574. The maximum Gasteiger partial charge on any atom is 0.238 e. The SMILES string of the molecule is CSC1OC(C(NC(=O)C2CC(F)(CCC(F)F)CCN2)C(C)C)C(O)C(O)C1O. The van der Waals surface area contributed by atoms with E-state index in [4.69, 9.17) is 4.74 Å². The molecule has 7 nitrogen and oxygen atoms in total. The molecule has 1 amide bonds. The summed E-state index contributed by atoms with van der Waals surface area (Å²) in [7, 11) is 0. The summed E-state index contributed by atoms with van der Waals surface area (Å²) in [4.78, 5) is 12.8. The summed E-state index contributed by atoms with van der Waals surface area (Å²) in [6.07, 6.45) is -7.09. The molecular weight excluding hydrogens is 425 g/mol. The molecule has 0 aromatic carbocycles. The van der Waals surface area contributed by atoms with Crippen molar-refractivity contribution in [2.45, 2.75) is 93.6 Å². The molecule has 0 aromatic heterocycles. The van der Waals surface area contributed by atoms with Crippen LogP contribution in [0.2, 0.25) is 0 Å². The van der Waals surface area contributed by atoms with Crippen LogP contribution in [0.3, 0.4) is 0 Å². The van der Waals surface area contributed by atoms with Crippen molar-refractivity contribution in [2.24, 2.45) is 5.92 Å². The number of rotatable bonds is 8. The molecule has 2 aliphatic rings. The minimum atomic E-state index is -2.60. The summed E-state index contributed by atoms with van der Waals surface area (Å²) >= 11 is 1.17. The second kappa shape index (κ2) is 10.8. The molecule has 2 heterocycles. The van der Waals surface area contributed by atoms with E-state index in [9.17, 15) is 33.3 Å². The number of hydrogen-bond donors (Lipinski definition) is 5. The van der Waals surface area contributed by atoms with Crippen LogP contribution in [0.1, 0.15) is 39.5 Å². The lowest BCUT2D eigenvalue weighted by molar-refractivity contribution is -0.208. The van der Waals surface area contributed by atoms with Gasteiger partial charge in [-0.25, -0.2) is 13.2 Å². The van der Waals surface area contributed by atoms with Crippen molar-refractivity contribution < 1.29 is 38.0 Å². The van der Waals surface area contributed by atoms with Gasteiger partial charge >= 0.3 is 0 Å². The predicted molar refractivity (Wildman–Crippen MR) is 107 cm³/mol. The first-order chi connectivity index (χ1) is 14.0. The maximum absolute atomic E-state index is 15.0. The number of nitrogens with one attached hydrogen (secondary N) is 2. The molecular formula is C19H33F3N2O5S. The van der Waals surface area contributed by atoms with Crippen LogP contribution in [-0.2, 0) is 9.53 Å². The first-order valence-corrected chi connectivity index (χ1v) is 11.5. The van der Waals surface area contributed by atoms with Gasteiger partial charge in [-0.3, -0.25) is 4.79 Å². The van der Waals surface area contributed by atoms with E-state index in [1.165, 1.54) is 11.8 Å². The number of thioether (sulfide) groups is 1. The van der Waals surface area contributed by atoms with Gasteiger partial charge in [0.25, 0.3) is 0 Å². The molecule has 0 aliphatic carbocycles. The van der Waals surface area contributed by atoms with Gasteiger partial charge in [-0.05, 0) is 31.6 Å². The van der Waals surface area contributed by atoms with Gasteiger partial charge in [0.2, 0.25) is 12.3 Å². The van der Waals surface area contributed by atoms with E-state index in [0.717, 1.165) is 0 Å². The van der Waals surface area contributed by atoms with E-state index in [1.807, 2.05) is 0 Å². The molecule has 5 N–H and O–H groups in total. The summed E-state index contributed by atoms with van der Waals surface area (Å²) in [5.74, 6) is -0.735. The average Bonchev–Trinajstić information content (AvgIpc) is 2.69. The Morgan fingerprint density at radius 1 is 1.27 bits per heavy atom. The van der Waals surface area contributed by atoms with Gasteiger partial charge in [0.15, 0.2) is 0 Å². The zero-order valence-electron chi connectivity index (χ0n) is 17.4. The third-order valence-corrected chi connectivity index (χ3v) is 6.74. The highest BCUT2D eigenvalue weighted by Crippen LogP contribution is 2.33. The highest BCUT2D eigenvalue weighted by atomic mass is 32.2. The topological polar surface area (TPSA) is 111 Å². The molecule has 11 heteroatoms. The predicted octanol–water partition coefficient (Wildman–Crippen LogP) is 0.803. The number of hydrogen-bond acceptors (Lipinski definition) is 7. The number of aliphatic hydroxyl groups is 3. The highest BCUT2D eigenvalue weighted by Gasteiger charge is 2.48. The molecule has 0 bridgehead atoms. The highest BCUT2D eigenvalue weighted by molar-refractivity contribution is 7.99. The standard InChI is InChI=1S/C19H33F3N2O5S/c1-9(2)12(16-14(26)13(25)15(27)18(29-16)30-3)24-17(28)10-8-19(22,6-7-23-10)5-4-11(20)21/h9-16,18,23,25-27H,4-8H2,1-3H3,(H,24,28). The number of aliphatic hydroxyl groups excluding tert-OH is 3. The molecule has 2 rings (SSSR count). The number of halogens is 3. The molecule has 2 aliphatic heterocycles. The fraction of sp³-hybridized carbons (Fsp3) is 0.947. The van der Waals surface area contributed by atoms with Crippen molar-refractivity contribution in [1.29, 1.82) is 0 Å². The molecule has 0 saturated carbocycles. The summed E-state index contributed by atoms with van der Waals surface area (Å²) < 4.78 is 45.7. The Morgan fingerprint density at radius 3 is 2.50 bits per heavy atom. The van der Waals surface area contributed by atoms with E-state index in [2.05, 4.69) is 10.6 Å². The van der Waals surface area contributed by atoms with E-state index in [1.54, 1.807) is 20.1 Å². The Labute approximate surface area is 179 Å². The van der Waals surface area contributed by atoms with Crippen molar-refractivity contribution in [2.75, 3.05) is 12.8 Å². The largest absolute Gasteiger partial charge is 0.388 e. The first kappa shape index (κ1) is 25.7. The zero-order chi connectivity index (χ0) is 22.6. The van der Waals surface area contributed by atoms with Crippen LogP contribution >= 0.6 is 11.8 Å². The average molecular weight is 459 g/mol. The van der Waals surface area contributed by atoms with Crippen molar-refractivity contribution >= 4 is 17.7 Å². The van der Waals surface area contributed by atoms with E-state index in [0.29, 0.717) is 0 Å². The number of ether oxygens (including phenoxy) is 1. The van der Waals surface area contributed by atoms with E-state index < -0.39 is 66.4 Å². The van der Waals surface area contributed by atoms with Gasteiger partial charge < -0.3 is 30.7 Å². The summed E-state index contributed by atoms with van der Waals surface area (Å²) in [5.41, 5.74) is -2.63. The van der Waals surface area contributed by atoms with Gasteiger partial charge in [-0.2, -0.15) is 0 Å². The molecule has 2 saturated heterocycles. The lowest BCUT2D eigenvalue weighted by Gasteiger charge is -2.44. The van der Waals surface area contributed by atoms with Gasteiger partial charge in [-0.15, -0.1) is 11.8 Å². The van der Waals surface area contributed by atoms with Crippen molar-refractivity contribution in [3.8, 4) is 0 Å². The van der Waals surface area contributed by atoms with Gasteiger partial charge in [-0.1, -0.05) is 13.8 Å². The van der Waals surface area contributed by atoms with Crippen LogP contribution in [0.4, 0.5) is 13.2 Å². The van der Waals surface area contributed by atoms with Crippen LogP contribution in [0.25, 0.3) is 0 Å². The summed E-state index contributed by atoms with van der Waals surface area (Å²) in [6.45, 7) is 3.78. The quantitative estimate of drug-likeness (QED) is 0.366. The van der Waals surface area contributed by atoms with Gasteiger partial charge in [0.1, 0.15) is 35.5 Å². The number of piperidine rings is 1. The second-order valence-corrected chi connectivity index (χ2v) is 9.43. The van der Waals surface area contributed by atoms with Gasteiger partial charge in [0, 0.05) is 12.8 Å². The molecule has 8 atom stereocenters.